The Hall–Kier alpha value is -1.80. The maximum atomic E-state index is 10.6. The minimum absolute atomic E-state index is 0.0674. The van der Waals surface area contributed by atoms with Crippen LogP contribution in [0, 0.1) is 11.8 Å². The van der Waals surface area contributed by atoms with Crippen LogP contribution in [-0.4, -0.2) is 31.2 Å². The molecule has 30 heavy (non-hydrogen) atoms. The molecule has 0 amide bonds. The second-order valence-corrected chi connectivity index (χ2v) is 7.83. The van der Waals surface area contributed by atoms with E-state index in [0.717, 1.165) is 49.2 Å². The van der Waals surface area contributed by atoms with E-state index in [1.54, 1.807) is 7.11 Å². The third-order valence-corrected chi connectivity index (χ3v) is 5.47. The molecule has 1 saturated heterocycles. The van der Waals surface area contributed by atoms with Gasteiger partial charge in [0.15, 0.2) is 6.29 Å². The summed E-state index contributed by atoms with van der Waals surface area (Å²) in [5, 5.41) is 10.6. The van der Waals surface area contributed by atoms with Crippen molar-refractivity contribution < 1.29 is 19.3 Å². The van der Waals surface area contributed by atoms with Gasteiger partial charge in [0.2, 0.25) is 0 Å². The first-order valence-corrected chi connectivity index (χ1v) is 11.4. The van der Waals surface area contributed by atoms with Crippen molar-refractivity contribution in [1.29, 1.82) is 0 Å². The molecule has 1 aliphatic heterocycles. The average Bonchev–Trinajstić information content (AvgIpc) is 2.77. The third-order valence-electron chi connectivity index (χ3n) is 5.47. The normalized spacial score (nSPS) is 18.2. The number of methoxy groups -OCH3 is 1. The van der Waals surface area contributed by atoms with Crippen molar-refractivity contribution in [2.45, 2.75) is 89.6 Å². The molecule has 0 bridgehead atoms. The highest BCUT2D eigenvalue weighted by molar-refractivity contribution is 5.44. The molecule has 166 valence electrons. The fourth-order valence-corrected chi connectivity index (χ4v) is 3.81. The predicted molar refractivity (Wildman–Crippen MR) is 121 cm³/mol. The summed E-state index contributed by atoms with van der Waals surface area (Å²) in [6.07, 6.45) is 11.2. The fourth-order valence-electron chi connectivity index (χ4n) is 3.81. The first-order chi connectivity index (χ1) is 14.7. The largest absolute Gasteiger partial charge is 0.496 e. The van der Waals surface area contributed by atoms with Crippen molar-refractivity contribution >= 4 is 0 Å². The van der Waals surface area contributed by atoms with Crippen LogP contribution in [0.2, 0.25) is 0 Å². The number of allylic oxidation sites excluding steroid dienone is 1. The van der Waals surface area contributed by atoms with E-state index in [2.05, 4.69) is 25.3 Å². The Morgan fingerprint density at radius 2 is 2.17 bits per heavy atom. The molecule has 1 aromatic rings. The van der Waals surface area contributed by atoms with Crippen LogP contribution in [0.1, 0.15) is 81.9 Å². The van der Waals surface area contributed by atoms with Gasteiger partial charge in [-0.25, -0.2) is 0 Å². The van der Waals surface area contributed by atoms with Crippen molar-refractivity contribution in [3.05, 3.63) is 42.0 Å². The van der Waals surface area contributed by atoms with Gasteiger partial charge >= 0.3 is 0 Å². The van der Waals surface area contributed by atoms with Gasteiger partial charge in [0.1, 0.15) is 11.9 Å². The predicted octanol–water partition coefficient (Wildman–Crippen LogP) is 5.73. The molecular formula is C26H38O4. The highest BCUT2D eigenvalue weighted by atomic mass is 16.7. The molecule has 4 nitrogen and oxygen atoms in total. The van der Waals surface area contributed by atoms with Gasteiger partial charge in [-0.2, -0.15) is 0 Å². The quantitative estimate of drug-likeness (QED) is 0.269. The van der Waals surface area contributed by atoms with Crippen LogP contribution in [-0.2, 0) is 15.9 Å². The van der Waals surface area contributed by atoms with Crippen LogP contribution >= 0.6 is 0 Å². The topological polar surface area (TPSA) is 47.9 Å². The number of aliphatic hydroxyl groups excluding tert-OH is 1. The molecule has 1 aromatic carbocycles. The van der Waals surface area contributed by atoms with E-state index in [9.17, 15) is 5.11 Å². The molecular weight excluding hydrogens is 376 g/mol. The fraction of sp³-hybridized carbons (Fsp3) is 0.615. The Bertz CT molecular complexity index is 682. The van der Waals surface area contributed by atoms with Gasteiger partial charge in [-0.05, 0) is 50.2 Å². The summed E-state index contributed by atoms with van der Waals surface area (Å²) >= 11 is 0. The van der Waals surface area contributed by atoms with Gasteiger partial charge in [-0.15, -0.1) is 12.5 Å². The Morgan fingerprint density at radius 1 is 1.30 bits per heavy atom. The van der Waals surface area contributed by atoms with Crippen molar-refractivity contribution in [2.75, 3.05) is 13.7 Å². The second-order valence-electron chi connectivity index (χ2n) is 7.83. The van der Waals surface area contributed by atoms with E-state index < -0.39 is 6.10 Å². The molecule has 0 radical (unpaired) electrons. The standard InChI is InChI=1S/C26H38O4/c1-4-6-7-14-21(30-26-19-10-11-20-29-26)15-8-9-17-24(27)22-16-12-18-25(28-3)23(22)13-5-2/h5,12,16,18,21,24,26-27H,2,4,6-8,10-11,13-15,19-20H2,1,3H3/t21-,24?,26?/m0/s1. The first-order valence-electron chi connectivity index (χ1n) is 11.4. The summed E-state index contributed by atoms with van der Waals surface area (Å²) in [7, 11) is 1.64. The van der Waals surface area contributed by atoms with Crippen molar-refractivity contribution in [3.8, 4) is 17.6 Å². The zero-order chi connectivity index (χ0) is 21.6. The summed E-state index contributed by atoms with van der Waals surface area (Å²) in [4.78, 5) is 0. The van der Waals surface area contributed by atoms with Crippen LogP contribution < -0.4 is 4.74 Å². The molecule has 1 heterocycles. The Kier molecular flexibility index (Phi) is 11.6. The Morgan fingerprint density at radius 3 is 2.87 bits per heavy atom. The third kappa shape index (κ3) is 8.14. The molecule has 1 N–H and O–H groups in total. The summed E-state index contributed by atoms with van der Waals surface area (Å²) in [6.45, 7) is 6.82. The molecule has 0 aromatic heterocycles. The van der Waals surface area contributed by atoms with Crippen LogP contribution in [0.25, 0.3) is 0 Å². The van der Waals surface area contributed by atoms with E-state index in [1.165, 1.54) is 25.7 Å². The van der Waals surface area contributed by atoms with E-state index in [0.29, 0.717) is 12.8 Å². The van der Waals surface area contributed by atoms with Gasteiger partial charge in [0.25, 0.3) is 0 Å². The first kappa shape index (κ1) is 24.5. The van der Waals surface area contributed by atoms with Crippen LogP contribution in [0.5, 0.6) is 5.75 Å². The molecule has 3 atom stereocenters. The highest BCUT2D eigenvalue weighted by Crippen LogP contribution is 2.27. The number of aliphatic hydroxyl groups is 1. The van der Waals surface area contributed by atoms with E-state index in [-0.39, 0.29) is 12.4 Å². The number of hydrogen-bond donors (Lipinski definition) is 1. The number of rotatable bonds is 12. The summed E-state index contributed by atoms with van der Waals surface area (Å²) < 4.78 is 17.4. The lowest BCUT2D eigenvalue weighted by atomic mass is 9.98. The minimum Gasteiger partial charge on any atom is -0.496 e. The second kappa shape index (κ2) is 14.2. The smallest absolute Gasteiger partial charge is 0.157 e. The molecule has 1 fully saturated rings. The van der Waals surface area contributed by atoms with Gasteiger partial charge in [-0.3, -0.25) is 0 Å². The number of ether oxygens (including phenoxy) is 3. The number of benzene rings is 1. The SMILES string of the molecule is C=CCc1c(OC)cccc1C(O)C#CCC[C@H](CCCCC)OC1CCCCO1. The molecule has 2 rings (SSSR count). The monoisotopic (exact) mass is 414 g/mol. The summed E-state index contributed by atoms with van der Waals surface area (Å²) in [5.41, 5.74) is 1.72. The van der Waals surface area contributed by atoms with Crippen molar-refractivity contribution in [1.82, 2.24) is 0 Å². The average molecular weight is 415 g/mol. The van der Waals surface area contributed by atoms with Gasteiger partial charge < -0.3 is 19.3 Å². The van der Waals surface area contributed by atoms with E-state index in [4.69, 9.17) is 14.2 Å². The lowest BCUT2D eigenvalue weighted by Gasteiger charge is -2.27. The molecule has 1 aliphatic rings. The van der Waals surface area contributed by atoms with Crippen molar-refractivity contribution in [3.63, 3.8) is 0 Å². The zero-order valence-corrected chi connectivity index (χ0v) is 18.7. The zero-order valence-electron chi connectivity index (χ0n) is 18.7. The van der Waals surface area contributed by atoms with E-state index in [1.807, 2.05) is 24.3 Å². The lowest BCUT2D eigenvalue weighted by Crippen LogP contribution is -2.28. The molecule has 0 saturated carbocycles. The summed E-state index contributed by atoms with van der Waals surface area (Å²) in [6, 6.07) is 5.68. The summed E-state index contributed by atoms with van der Waals surface area (Å²) in [5.74, 6) is 6.92. The molecule has 2 unspecified atom stereocenters. The Labute approximate surface area is 182 Å². The maximum Gasteiger partial charge on any atom is 0.157 e. The van der Waals surface area contributed by atoms with Crippen LogP contribution in [0.3, 0.4) is 0 Å². The highest BCUT2D eigenvalue weighted by Gasteiger charge is 2.19. The van der Waals surface area contributed by atoms with E-state index >= 15 is 0 Å². The lowest BCUT2D eigenvalue weighted by molar-refractivity contribution is -0.190. The number of unbranched alkanes of at least 4 members (excludes halogenated alkanes) is 2. The van der Waals surface area contributed by atoms with Gasteiger partial charge in [0.05, 0.1) is 13.2 Å². The van der Waals surface area contributed by atoms with Gasteiger partial charge in [-0.1, -0.05) is 50.3 Å². The molecule has 0 spiro atoms. The minimum atomic E-state index is -0.837. The van der Waals surface area contributed by atoms with Gasteiger partial charge in [0, 0.05) is 18.6 Å². The number of hydrogen-bond acceptors (Lipinski definition) is 4. The maximum absolute atomic E-state index is 10.6. The van der Waals surface area contributed by atoms with Crippen molar-refractivity contribution in [2.24, 2.45) is 0 Å². The van der Waals surface area contributed by atoms with Crippen LogP contribution in [0.4, 0.5) is 0 Å². The molecule has 4 heteroatoms. The molecule has 0 aliphatic carbocycles. The Balaban J connectivity index is 1.94. The van der Waals surface area contributed by atoms with Crippen LogP contribution in [0.15, 0.2) is 30.9 Å².